The fourth-order valence-electron chi connectivity index (χ4n) is 1.70. The van der Waals surface area contributed by atoms with Gasteiger partial charge in [0.2, 0.25) is 11.8 Å². The van der Waals surface area contributed by atoms with Crippen molar-refractivity contribution < 1.29 is 19.1 Å². The molecule has 19 heavy (non-hydrogen) atoms. The van der Waals surface area contributed by atoms with Gasteiger partial charge < -0.3 is 15.8 Å². The Morgan fingerprint density at radius 1 is 1.16 bits per heavy atom. The monoisotopic (exact) mass is 272 g/mol. The van der Waals surface area contributed by atoms with Gasteiger partial charge >= 0.3 is 5.97 Å². The molecule has 0 aromatic rings. The summed E-state index contributed by atoms with van der Waals surface area (Å²) in [5.41, 5.74) is 5.26. The number of carbonyl (C=O) groups is 3. The number of hydrogen-bond acceptors (Lipinski definition) is 4. The van der Waals surface area contributed by atoms with Crippen molar-refractivity contribution >= 4 is 17.8 Å². The first-order chi connectivity index (χ1) is 8.77. The maximum absolute atomic E-state index is 11.6. The molecule has 0 saturated carbocycles. The van der Waals surface area contributed by atoms with E-state index in [1.807, 2.05) is 13.8 Å². The van der Waals surface area contributed by atoms with Crippen LogP contribution in [0.25, 0.3) is 0 Å². The normalized spacial score (nSPS) is 13.7. The molecular weight excluding hydrogens is 248 g/mol. The molecule has 110 valence electrons. The average molecular weight is 272 g/mol. The Kier molecular flexibility index (Phi) is 7.79. The number of rotatable bonds is 8. The van der Waals surface area contributed by atoms with Gasteiger partial charge in [-0.3, -0.25) is 14.4 Å². The molecule has 0 bridgehead atoms. The van der Waals surface area contributed by atoms with Crippen molar-refractivity contribution in [2.75, 3.05) is 6.61 Å². The molecular formula is C13H24N2O4. The minimum absolute atomic E-state index is 0.0450. The molecule has 0 heterocycles. The van der Waals surface area contributed by atoms with E-state index in [-0.39, 0.29) is 24.9 Å². The van der Waals surface area contributed by atoms with E-state index in [1.165, 1.54) is 0 Å². The zero-order valence-corrected chi connectivity index (χ0v) is 12.1. The second-order valence-corrected chi connectivity index (χ2v) is 5.03. The molecule has 0 aliphatic rings. The first-order valence-corrected chi connectivity index (χ1v) is 6.52. The zero-order chi connectivity index (χ0) is 15.0. The maximum atomic E-state index is 11.6. The lowest BCUT2D eigenvalue weighted by atomic mass is 9.97. The molecule has 0 aromatic carbocycles. The first kappa shape index (κ1) is 17.4. The maximum Gasteiger partial charge on any atom is 0.306 e. The van der Waals surface area contributed by atoms with Gasteiger partial charge in [0.05, 0.1) is 13.0 Å². The van der Waals surface area contributed by atoms with Crippen LogP contribution in [-0.4, -0.2) is 30.4 Å². The van der Waals surface area contributed by atoms with Crippen LogP contribution in [0.3, 0.4) is 0 Å². The van der Waals surface area contributed by atoms with Crippen LogP contribution >= 0.6 is 0 Å². The van der Waals surface area contributed by atoms with Gasteiger partial charge in [-0.25, -0.2) is 0 Å². The second kappa shape index (κ2) is 8.50. The molecule has 0 saturated heterocycles. The smallest absolute Gasteiger partial charge is 0.306 e. The van der Waals surface area contributed by atoms with Crippen molar-refractivity contribution in [3.8, 4) is 0 Å². The van der Waals surface area contributed by atoms with Gasteiger partial charge in [-0.05, 0) is 18.8 Å². The summed E-state index contributed by atoms with van der Waals surface area (Å²) >= 11 is 0. The van der Waals surface area contributed by atoms with Gasteiger partial charge in [-0.15, -0.1) is 0 Å². The Balaban J connectivity index is 4.51. The van der Waals surface area contributed by atoms with E-state index in [4.69, 9.17) is 10.5 Å². The molecule has 0 aliphatic carbocycles. The highest BCUT2D eigenvalue weighted by Gasteiger charge is 2.27. The van der Waals surface area contributed by atoms with Crippen molar-refractivity contribution in [3.63, 3.8) is 0 Å². The van der Waals surface area contributed by atoms with Crippen molar-refractivity contribution in [1.82, 2.24) is 5.32 Å². The quantitative estimate of drug-likeness (QED) is 0.632. The lowest BCUT2D eigenvalue weighted by Crippen LogP contribution is -2.49. The minimum atomic E-state index is -0.851. The Labute approximate surface area is 114 Å². The van der Waals surface area contributed by atoms with Gasteiger partial charge in [0, 0.05) is 6.42 Å². The predicted molar refractivity (Wildman–Crippen MR) is 71.0 cm³/mol. The summed E-state index contributed by atoms with van der Waals surface area (Å²) in [4.78, 5) is 34.4. The van der Waals surface area contributed by atoms with E-state index < -0.39 is 23.8 Å². The van der Waals surface area contributed by atoms with Crippen LogP contribution in [-0.2, 0) is 19.1 Å². The van der Waals surface area contributed by atoms with E-state index in [9.17, 15) is 14.4 Å². The lowest BCUT2D eigenvalue weighted by molar-refractivity contribution is -0.144. The number of ether oxygens (including phenoxy) is 1. The van der Waals surface area contributed by atoms with Crippen molar-refractivity contribution in [3.05, 3.63) is 0 Å². The van der Waals surface area contributed by atoms with Gasteiger partial charge in [0.25, 0.3) is 0 Å². The highest BCUT2D eigenvalue weighted by atomic mass is 16.5. The largest absolute Gasteiger partial charge is 0.466 e. The van der Waals surface area contributed by atoms with Gasteiger partial charge in [0.1, 0.15) is 6.04 Å². The molecule has 0 radical (unpaired) electrons. The van der Waals surface area contributed by atoms with Crippen LogP contribution in [0.15, 0.2) is 0 Å². The minimum Gasteiger partial charge on any atom is -0.466 e. The summed E-state index contributed by atoms with van der Waals surface area (Å²) in [5, 5.41) is 2.57. The lowest BCUT2D eigenvalue weighted by Gasteiger charge is -2.22. The molecule has 6 nitrogen and oxygen atoms in total. The predicted octanol–water partition coefficient (Wildman–Crippen LogP) is 0.592. The molecule has 0 spiro atoms. The van der Waals surface area contributed by atoms with E-state index in [0.717, 1.165) is 0 Å². The van der Waals surface area contributed by atoms with Crippen LogP contribution < -0.4 is 11.1 Å². The molecule has 2 atom stereocenters. The van der Waals surface area contributed by atoms with E-state index in [2.05, 4.69) is 5.32 Å². The van der Waals surface area contributed by atoms with E-state index in [1.54, 1.807) is 13.8 Å². The van der Waals surface area contributed by atoms with Gasteiger partial charge in [0.15, 0.2) is 0 Å². The third kappa shape index (κ3) is 7.43. The topological polar surface area (TPSA) is 98.5 Å². The molecule has 0 fully saturated rings. The fourth-order valence-corrected chi connectivity index (χ4v) is 1.70. The first-order valence-electron chi connectivity index (χ1n) is 6.52. The number of hydrogen-bond donors (Lipinski definition) is 2. The Morgan fingerprint density at radius 2 is 1.74 bits per heavy atom. The summed E-state index contributed by atoms with van der Waals surface area (Å²) in [6.07, 6.45) is 0.360. The third-order valence-corrected chi connectivity index (χ3v) is 2.58. The Morgan fingerprint density at radius 3 is 2.16 bits per heavy atom. The SMILES string of the molecule is CCOC(=O)C[C@H](C)[C@H](NC(=O)CC(C)C)C(N)=O. The fraction of sp³-hybridized carbons (Fsp3) is 0.769. The molecule has 0 aromatic heterocycles. The number of primary amides is 1. The number of nitrogens with one attached hydrogen (secondary N) is 1. The second-order valence-electron chi connectivity index (χ2n) is 5.03. The molecule has 3 N–H and O–H groups in total. The molecule has 0 aliphatic heterocycles. The highest BCUT2D eigenvalue weighted by molar-refractivity contribution is 5.87. The Bertz CT molecular complexity index is 329. The van der Waals surface area contributed by atoms with E-state index >= 15 is 0 Å². The molecule has 0 rings (SSSR count). The molecule has 6 heteroatoms. The van der Waals surface area contributed by atoms with Crippen LogP contribution in [0.5, 0.6) is 0 Å². The molecule has 2 amide bonds. The van der Waals surface area contributed by atoms with Gasteiger partial charge in [-0.1, -0.05) is 20.8 Å². The summed E-state index contributed by atoms with van der Waals surface area (Å²) in [6.45, 7) is 7.48. The van der Waals surface area contributed by atoms with Crippen molar-refractivity contribution in [2.45, 2.75) is 46.6 Å². The average Bonchev–Trinajstić information content (AvgIpc) is 2.24. The van der Waals surface area contributed by atoms with Crippen molar-refractivity contribution in [1.29, 1.82) is 0 Å². The number of nitrogens with two attached hydrogens (primary N) is 1. The number of amides is 2. The van der Waals surface area contributed by atoms with Crippen molar-refractivity contribution in [2.24, 2.45) is 17.6 Å². The van der Waals surface area contributed by atoms with Crippen LogP contribution in [0.4, 0.5) is 0 Å². The van der Waals surface area contributed by atoms with Gasteiger partial charge in [-0.2, -0.15) is 0 Å². The number of esters is 1. The third-order valence-electron chi connectivity index (χ3n) is 2.58. The summed E-state index contributed by atoms with van der Waals surface area (Å²) in [7, 11) is 0. The Hall–Kier alpha value is -1.59. The van der Waals surface area contributed by atoms with E-state index in [0.29, 0.717) is 6.42 Å². The molecule has 0 unspecified atom stereocenters. The van der Waals surface area contributed by atoms with Crippen LogP contribution in [0.2, 0.25) is 0 Å². The summed E-state index contributed by atoms with van der Waals surface area (Å²) < 4.78 is 4.81. The summed E-state index contributed by atoms with van der Waals surface area (Å²) in [5.74, 6) is -1.50. The standard InChI is InChI=1S/C13H24N2O4/c1-5-19-11(17)7-9(4)12(13(14)18)15-10(16)6-8(2)3/h8-9,12H,5-7H2,1-4H3,(H2,14,18)(H,15,16)/t9-,12-/m0/s1. The summed E-state index contributed by atoms with van der Waals surface area (Å²) in [6, 6.07) is -0.851. The number of carbonyl (C=O) groups excluding carboxylic acids is 3. The van der Waals surface area contributed by atoms with Crippen LogP contribution in [0.1, 0.15) is 40.5 Å². The highest BCUT2D eigenvalue weighted by Crippen LogP contribution is 2.10. The van der Waals surface area contributed by atoms with Crippen LogP contribution in [0, 0.1) is 11.8 Å². The zero-order valence-electron chi connectivity index (χ0n) is 12.1.